The maximum Gasteiger partial charge on any atom is 0.303 e. The van der Waals surface area contributed by atoms with Crippen LogP contribution < -0.4 is 5.32 Å². The molecule has 1 aliphatic rings. The average molecular weight is 296 g/mol. The van der Waals surface area contributed by atoms with Gasteiger partial charge in [0.25, 0.3) is 0 Å². The second-order valence-corrected chi connectivity index (χ2v) is 6.40. The predicted molar refractivity (Wildman–Crippen MR) is 76.9 cm³/mol. The van der Waals surface area contributed by atoms with Gasteiger partial charge in [0.2, 0.25) is 5.91 Å². The van der Waals surface area contributed by atoms with E-state index in [9.17, 15) is 9.59 Å². The van der Waals surface area contributed by atoms with Crippen molar-refractivity contribution in [2.24, 2.45) is 0 Å². The fraction of sp³-hybridized carbons (Fsp3) is 0.643. The molecule has 1 saturated carbocycles. The SMILES string of the molecule is Cc1nc(CC(=O)NC2CCCC2)sc1CCC(=O)O. The maximum atomic E-state index is 11.9. The molecule has 2 N–H and O–H groups in total. The first-order chi connectivity index (χ1) is 9.54. The summed E-state index contributed by atoms with van der Waals surface area (Å²) in [5, 5.41) is 12.5. The van der Waals surface area contributed by atoms with Crippen LogP contribution in [0.2, 0.25) is 0 Å². The van der Waals surface area contributed by atoms with Gasteiger partial charge in [0.05, 0.1) is 18.5 Å². The number of carboxylic acids is 1. The monoisotopic (exact) mass is 296 g/mol. The number of aromatic nitrogens is 1. The van der Waals surface area contributed by atoms with Crippen molar-refractivity contribution in [1.29, 1.82) is 0 Å². The second-order valence-electron chi connectivity index (χ2n) is 5.24. The predicted octanol–water partition coefficient (Wildman–Crippen LogP) is 2.07. The van der Waals surface area contributed by atoms with Crippen LogP contribution in [0.25, 0.3) is 0 Å². The minimum Gasteiger partial charge on any atom is -0.481 e. The lowest BCUT2D eigenvalue weighted by Crippen LogP contribution is -2.33. The molecule has 20 heavy (non-hydrogen) atoms. The first kappa shape index (κ1) is 15.0. The molecule has 5 nitrogen and oxygen atoms in total. The van der Waals surface area contributed by atoms with E-state index in [1.165, 1.54) is 24.2 Å². The number of carbonyl (C=O) groups is 2. The van der Waals surface area contributed by atoms with Gasteiger partial charge >= 0.3 is 5.97 Å². The third-order valence-electron chi connectivity index (χ3n) is 3.53. The zero-order valence-corrected chi connectivity index (χ0v) is 12.5. The van der Waals surface area contributed by atoms with Crippen molar-refractivity contribution in [3.8, 4) is 0 Å². The number of nitrogens with zero attached hydrogens (tertiary/aromatic N) is 1. The Hall–Kier alpha value is -1.43. The zero-order chi connectivity index (χ0) is 14.5. The Bertz CT molecular complexity index is 493. The number of nitrogens with one attached hydrogen (secondary N) is 1. The fourth-order valence-electron chi connectivity index (χ4n) is 2.50. The van der Waals surface area contributed by atoms with Crippen molar-refractivity contribution in [3.05, 3.63) is 15.6 Å². The number of hydrogen-bond donors (Lipinski definition) is 2. The third kappa shape index (κ3) is 4.30. The molecule has 1 amide bonds. The van der Waals surface area contributed by atoms with Crippen LogP contribution in [0.5, 0.6) is 0 Å². The summed E-state index contributed by atoms with van der Waals surface area (Å²) < 4.78 is 0. The topological polar surface area (TPSA) is 79.3 Å². The summed E-state index contributed by atoms with van der Waals surface area (Å²) >= 11 is 1.45. The number of carboxylic acid groups (broad SMARTS) is 1. The molecule has 2 rings (SSSR count). The molecule has 0 saturated heterocycles. The molecule has 1 aromatic rings. The quantitative estimate of drug-likeness (QED) is 0.842. The van der Waals surface area contributed by atoms with Crippen molar-refractivity contribution >= 4 is 23.2 Å². The van der Waals surface area contributed by atoms with Gasteiger partial charge in [-0.2, -0.15) is 0 Å². The van der Waals surface area contributed by atoms with Crippen LogP contribution in [0.15, 0.2) is 0 Å². The van der Waals surface area contributed by atoms with Crippen molar-refractivity contribution < 1.29 is 14.7 Å². The van der Waals surface area contributed by atoms with Crippen LogP contribution in [0.4, 0.5) is 0 Å². The Balaban J connectivity index is 1.87. The Morgan fingerprint density at radius 1 is 1.40 bits per heavy atom. The molecular formula is C14H20N2O3S. The number of aryl methyl sites for hydroxylation is 2. The number of aliphatic carboxylic acids is 1. The van der Waals surface area contributed by atoms with Crippen LogP contribution in [-0.4, -0.2) is 28.0 Å². The van der Waals surface area contributed by atoms with Gasteiger partial charge in [0, 0.05) is 10.9 Å². The number of rotatable bonds is 6. The van der Waals surface area contributed by atoms with Gasteiger partial charge < -0.3 is 10.4 Å². The molecule has 0 aromatic carbocycles. The Morgan fingerprint density at radius 3 is 2.75 bits per heavy atom. The van der Waals surface area contributed by atoms with Gasteiger partial charge in [-0.25, -0.2) is 4.98 Å². The van der Waals surface area contributed by atoms with Crippen molar-refractivity contribution in [2.75, 3.05) is 0 Å². The lowest BCUT2D eigenvalue weighted by Gasteiger charge is -2.10. The molecule has 0 radical (unpaired) electrons. The number of thiazole rings is 1. The van der Waals surface area contributed by atoms with E-state index in [-0.39, 0.29) is 12.3 Å². The lowest BCUT2D eigenvalue weighted by atomic mass is 10.2. The summed E-state index contributed by atoms with van der Waals surface area (Å²) in [7, 11) is 0. The van der Waals surface area contributed by atoms with Gasteiger partial charge in [-0.15, -0.1) is 11.3 Å². The van der Waals surface area contributed by atoms with E-state index in [0.29, 0.717) is 18.9 Å². The molecule has 0 spiro atoms. The molecule has 0 aliphatic heterocycles. The second kappa shape index (κ2) is 6.83. The Morgan fingerprint density at radius 2 is 2.10 bits per heavy atom. The highest BCUT2D eigenvalue weighted by Crippen LogP contribution is 2.21. The number of hydrogen-bond acceptors (Lipinski definition) is 4. The standard InChI is InChI=1S/C14H20N2O3S/c1-9-11(6-7-14(18)19)20-13(15-9)8-12(17)16-10-4-2-3-5-10/h10H,2-8H2,1H3,(H,16,17)(H,18,19). The zero-order valence-electron chi connectivity index (χ0n) is 11.6. The fourth-order valence-corrected chi connectivity index (χ4v) is 3.57. The summed E-state index contributed by atoms with van der Waals surface area (Å²) in [5.74, 6) is -0.784. The van der Waals surface area contributed by atoms with E-state index in [4.69, 9.17) is 5.11 Å². The third-order valence-corrected chi connectivity index (χ3v) is 4.75. The van der Waals surface area contributed by atoms with Gasteiger partial charge in [0.1, 0.15) is 5.01 Å². The Kier molecular flexibility index (Phi) is 5.11. The molecule has 6 heteroatoms. The van der Waals surface area contributed by atoms with Gasteiger partial charge in [-0.3, -0.25) is 9.59 Å². The average Bonchev–Trinajstić information content (AvgIpc) is 2.97. The highest BCUT2D eigenvalue weighted by atomic mass is 32.1. The molecular weight excluding hydrogens is 276 g/mol. The minimum absolute atomic E-state index is 0.0236. The van der Waals surface area contributed by atoms with Crippen LogP contribution in [0, 0.1) is 6.92 Å². The minimum atomic E-state index is -0.807. The molecule has 0 bridgehead atoms. The lowest BCUT2D eigenvalue weighted by molar-refractivity contribution is -0.137. The highest BCUT2D eigenvalue weighted by molar-refractivity contribution is 7.11. The first-order valence-corrected chi connectivity index (χ1v) is 7.82. The van der Waals surface area contributed by atoms with E-state index in [0.717, 1.165) is 28.4 Å². The van der Waals surface area contributed by atoms with E-state index in [1.54, 1.807) is 0 Å². The molecule has 1 aromatic heterocycles. The van der Waals surface area contributed by atoms with Crippen molar-refractivity contribution in [3.63, 3.8) is 0 Å². The van der Waals surface area contributed by atoms with E-state index in [2.05, 4.69) is 10.3 Å². The van der Waals surface area contributed by atoms with Crippen LogP contribution in [0.1, 0.15) is 47.7 Å². The van der Waals surface area contributed by atoms with Crippen LogP contribution in [0.3, 0.4) is 0 Å². The summed E-state index contributed by atoms with van der Waals surface area (Å²) in [6, 6.07) is 0.329. The van der Waals surface area contributed by atoms with E-state index in [1.807, 2.05) is 6.92 Å². The summed E-state index contributed by atoms with van der Waals surface area (Å²) in [6.45, 7) is 1.87. The number of carbonyl (C=O) groups excluding carboxylic acids is 1. The normalized spacial score (nSPS) is 15.4. The molecule has 110 valence electrons. The van der Waals surface area contributed by atoms with Gasteiger partial charge in [0.15, 0.2) is 0 Å². The number of amides is 1. The largest absolute Gasteiger partial charge is 0.481 e. The molecule has 1 fully saturated rings. The summed E-state index contributed by atoms with van der Waals surface area (Å²) in [4.78, 5) is 27.8. The first-order valence-electron chi connectivity index (χ1n) is 7.01. The van der Waals surface area contributed by atoms with Crippen LogP contribution >= 0.6 is 11.3 Å². The van der Waals surface area contributed by atoms with Gasteiger partial charge in [-0.05, 0) is 26.2 Å². The smallest absolute Gasteiger partial charge is 0.303 e. The molecule has 1 heterocycles. The van der Waals surface area contributed by atoms with Crippen molar-refractivity contribution in [2.45, 2.75) is 57.9 Å². The van der Waals surface area contributed by atoms with Crippen LogP contribution in [-0.2, 0) is 22.4 Å². The Labute approximate surface area is 122 Å². The molecule has 1 aliphatic carbocycles. The maximum absolute atomic E-state index is 11.9. The van der Waals surface area contributed by atoms with Gasteiger partial charge in [-0.1, -0.05) is 12.8 Å². The molecule has 0 unspecified atom stereocenters. The van der Waals surface area contributed by atoms with E-state index >= 15 is 0 Å². The molecule has 0 atom stereocenters. The summed E-state index contributed by atoms with van der Waals surface area (Å²) in [6.07, 6.45) is 5.44. The van der Waals surface area contributed by atoms with Crippen molar-refractivity contribution in [1.82, 2.24) is 10.3 Å². The highest BCUT2D eigenvalue weighted by Gasteiger charge is 2.18. The van der Waals surface area contributed by atoms with E-state index < -0.39 is 5.97 Å². The summed E-state index contributed by atoms with van der Waals surface area (Å²) in [5.41, 5.74) is 0.847.